The van der Waals surface area contributed by atoms with Crippen LogP contribution in [0.2, 0.25) is 0 Å². The average molecular weight is 319 g/mol. The Morgan fingerprint density at radius 3 is 2.00 bits per heavy atom. The van der Waals surface area contributed by atoms with Gasteiger partial charge in [0.25, 0.3) is 0 Å². The number of fused-ring (bicyclic) bond motifs is 1. The summed E-state index contributed by atoms with van der Waals surface area (Å²) in [6.07, 6.45) is 4.03. The molecule has 2 aromatic carbocycles. The lowest BCUT2D eigenvalue weighted by molar-refractivity contribution is 0.00308. The van der Waals surface area contributed by atoms with Crippen molar-refractivity contribution in [2.24, 2.45) is 5.92 Å². The van der Waals surface area contributed by atoms with E-state index in [1.54, 1.807) is 0 Å². The van der Waals surface area contributed by atoms with Crippen LogP contribution in [0.4, 0.5) is 0 Å². The van der Waals surface area contributed by atoms with Crippen LogP contribution in [0.5, 0.6) is 0 Å². The molecule has 0 amide bonds. The van der Waals surface area contributed by atoms with Crippen LogP contribution in [0.15, 0.2) is 60.7 Å². The molecule has 24 heavy (non-hydrogen) atoms. The average Bonchev–Trinajstić information content (AvgIpc) is 3.01. The van der Waals surface area contributed by atoms with Gasteiger partial charge in [-0.3, -0.25) is 4.90 Å². The Morgan fingerprint density at radius 1 is 0.833 bits per heavy atom. The van der Waals surface area contributed by atoms with Crippen LogP contribution in [0, 0.1) is 5.92 Å². The second-order valence-corrected chi connectivity index (χ2v) is 7.51. The summed E-state index contributed by atoms with van der Waals surface area (Å²) >= 11 is 0. The number of hydrogen-bond acceptors (Lipinski definition) is 2. The van der Waals surface area contributed by atoms with Gasteiger partial charge in [-0.05, 0) is 29.9 Å². The number of hydrogen-bond donors (Lipinski definition) is 0. The molecule has 0 unspecified atom stereocenters. The highest BCUT2D eigenvalue weighted by molar-refractivity contribution is 5.57. The van der Waals surface area contributed by atoms with Crippen LogP contribution in [-0.2, 0) is 10.2 Å². The van der Waals surface area contributed by atoms with Crippen molar-refractivity contribution in [3.05, 3.63) is 71.8 Å². The maximum Gasteiger partial charge on any atom is 0.0594 e. The van der Waals surface area contributed by atoms with Crippen LogP contribution in [0.25, 0.3) is 0 Å². The first-order valence-electron chi connectivity index (χ1n) is 9.34. The summed E-state index contributed by atoms with van der Waals surface area (Å²) < 4.78 is 5.66. The number of rotatable bonds is 3. The van der Waals surface area contributed by atoms with Gasteiger partial charge in [-0.1, -0.05) is 67.1 Å². The molecule has 0 bridgehead atoms. The van der Waals surface area contributed by atoms with E-state index in [9.17, 15) is 0 Å². The summed E-state index contributed by atoms with van der Waals surface area (Å²) in [6, 6.07) is 22.5. The van der Waals surface area contributed by atoms with Gasteiger partial charge in [-0.15, -0.1) is 0 Å². The van der Waals surface area contributed by atoms with Gasteiger partial charge >= 0.3 is 0 Å². The minimum absolute atomic E-state index is 0.172. The molecule has 5 rings (SSSR count). The fourth-order valence-electron chi connectivity index (χ4n) is 6.06. The second-order valence-electron chi connectivity index (χ2n) is 7.51. The van der Waals surface area contributed by atoms with E-state index in [-0.39, 0.29) is 5.41 Å². The molecule has 1 heterocycles. The van der Waals surface area contributed by atoms with Crippen molar-refractivity contribution in [2.75, 3.05) is 26.3 Å². The minimum atomic E-state index is 0.172. The van der Waals surface area contributed by atoms with E-state index in [0.29, 0.717) is 5.54 Å². The molecule has 0 spiro atoms. The first-order chi connectivity index (χ1) is 11.9. The molecule has 2 nitrogen and oxygen atoms in total. The van der Waals surface area contributed by atoms with E-state index in [0.717, 1.165) is 32.2 Å². The third-order valence-corrected chi connectivity index (χ3v) is 6.78. The largest absolute Gasteiger partial charge is 0.379 e. The minimum Gasteiger partial charge on any atom is -0.379 e. The van der Waals surface area contributed by atoms with Gasteiger partial charge in [-0.2, -0.15) is 0 Å². The number of ether oxygens (including phenoxy) is 1. The molecule has 1 aliphatic heterocycles. The van der Waals surface area contributed by atoms with E-state index in [1.165, 1.54) is 30.4 Å². The summed E-state index contributed by atoms with van der Waals surface area (Å²) in [5.74, 6) is 0.743. The van der Waals surface area contributed by atoms with Gasteiger partial charge in [0.1, 0.15) is 0 Å². The van der Waals surface area contributed by atoms with Crippen LogP contribution in [0.1, 0.15) is 30.4 Å². The Hall–Kier alpha value is -1.64. The predicted molar refractivity (Wildman–Crippen MR) is 96.1 cm³/mol. The lowest BCUT2D eigenvalue weighted by atomic mass is 9.79. The highest BCUT2D eigenvalue weighted by Gasteiger charge is 2.80. The first-order valence-corrected chi connectivity index (χ1v) is 9.34. The molecular weight excluding hydrogens is 294 g/mol. The maximum absolute atomic E-state index is 5.66. The highest BCUT2D eigenvalue weighted by atomic mass is 16.5. The Bertz CT molecular complexity index is 668. The molecule has 3 aliphatic rings. The molecule has 2 aromatic rings. The first kappa shape index (κ1) is 14.7. The zero-order valence-electron chi connectivity index (χ0n) is 14.2. The monoisotopic (exact) mass is 319 g/mol. The fourth-order valence-corrected chi connectivity index (χ4v) is 6.06. The van der Waals surface area contributed by atoms with Crippen molar-refractivity contribution >= 4 is 0 Å². The lowest BCUT2D eigenvalue weighted by Gasteiger charge is -2.39. The number of nitrogens with zero attached hydrogens (tertiary/aromatic N) is 1. The lowest BCUT2D eigenvalue weighted by Crippen LogP contribution is -2.49. The highest BCUT2D eigenvalue weighted by Crippen LogP contribution is 2.76. The third-order valence-electron chi connectivity index (χ3n) is 6.78. The maximum atomic E-state index is 5.66. The molecule has 0 aromatic heterocycles. The molecule has 3 fully saturated rings. The molecular formula is C22H25NO. The Morgan fingerprint density at radius 2 is 1.42 bits per heavy atom. The summed E-state index contributed by atoms with van der Waals surface area (Å²) in [5, 5.41) is 0. The Balaban J connectivity index is 1.68. The zero-order valence-corrected chi connectivity index (χ0v) is 14.2. The van der Waals surface area contributed by atoms with E-state index in [2.05, 4.69) is 65.6 Å². The summed E-state index contributed by atoms with van der Waals surface area (Å²) in [7, 11) is 0. The van der Waals surface area contributed by atoms with Gasteiger partial charge < -0.3 is 4.74 Å². The summed E-state index contributed by atoms with van der Waals surface area (Å²) in [4.78, 5) is 2.77. The van der Waals surface area contributed by atoms with E-state index >= 15 is 0 Å². The van der Waals surface area contributed by atoms with Crippen molar-refractivity contribution in [1.82, 2.24) is 4.90 Å². The van der Waals surface area contributed by atoms with E-state index < -0.39 is 0 Å². The van der Waals surface area contributed by atoms with Gasteiger partial charge in [0.2, 0.25) is 0 Å². The van der Waals surface area contributed by atoms with Crippen molar-refractivity contribution in [1.29, 1.82) is 0 Å². The van der Waals surface area contributed by atoms with Crippen molar-refractivity contribution in [2.45, 2.75) is 30.2 Å². The van der Waals surface area contributed by atoms with Gasteiger partial charge in [0, 0.05) is 24.0 Å². The van der Waals surface area contributed by atoms with Crippen molar-refractivity contribution < 1.29 is 4.74 Å². The van der Waals surface area contributed by atoms with Gasteiger partial charge in [-0.25, -0.2) is 0 Å². The molecule has 2 aliphatic carbocycles. The van der Waals surface area contributed by atoms with Gasteiger partial charge in [0.05, 0.1) is 13.2 Å². The van der Waals surface area contributed by atoms with E-state index in [1.807, 2.05) is 0 Å². The van der Waals surface area contributed by atoms with Crippen molar-refractivity contribution in [3.8, 4) is 0 Å². The molecule has 2 atom stereocenters. The zero-order chi connectivity index (χ0) is 16.0. The van der Waals surface area contributed by atoms with Gasteiger partial charge in [0.15, 0.2) is 0 Å². The molecule has 1 saturated heterocycles. The summed E-state index contributed by atoms with van der Waals surface area (Å²) in [6.45, 7) is 3.93. The van der Waals surface area contributed by atoms with Crippen LogP contribution in [0.3, 0.4) is 0 Å². The normalized spacial score (nSPS) is 31.6. The van der Waals surface area contributed by atoms with Crippen LogP contribution in [-0.4, -0.2) is 36.7 Å². The molecule has 2 heteroatoms. The number of morpholine rings is 1. The second kappa shape index (κ2) is 5.44. The topological polar surface area (TPSA) is 12.5 Å². The molecule has 124 valence electrons. The SMILES string of the molecule is c1ccc(C2(c3ccccc3)[C@@H]3CCC[C@@]32N2CCOCC2)cc1. The molecule has 2 saturated carbocycles. The fraction of sp³-hybridized carbons (Fsp3) is 0.455. The van der Waals surface area contributed by atoms with Crippen LogP contribution >= 0.6 is 0 Å². The Labute approximate surface area is 144 Å². The smallest absolute Gasteiger partial charge is 0.0594 e. The van der Waals surface area contributed by atoms with Crippen molar-refractivity contribution in [3.63, 3.8) is 0 Å². The standard InChI is InChI=1S/C22H25NO/c1-3-8-18(9-4-1)22(19-10-5-2-6-11-19)20-12-7-13-21(20,22)23-14-16-24-17-15-23/h1-6,8-11,20H,7,12-17H2/t20-,21-/m1/s1. The molecule has 0 radical (unpaired) electrons. The predicted octanol–water partition coefficient (Wildman–Crippen LogP) is 3.86. The Kier molecular flexibility index (Phi) is 3.33. The summed E-state index contributed by atoms with van der Waals surface area (Å²) in [5.41, 5.74) is 3.49. The quantitative estimate of drug-likeness (QED) is 0.852. The molecule has 0 N–H and O–H groups in total. The van der Waals surface area contributed by atoms with Crippen LogP contribution < -0.4 is 0 Å². The number of benzene rings is 2. The third kappa shape index (κ3) is 1.73. The van der Waals surface area contributed by atoms with E-state index in [4.69, 9.17) is 4.74 Å².